The molecule has 1 aromatic carbocycles. The highest BCUT2D eigenvalue weighted by Gasteiger charge is 2.15. The third-order valence-corrected chi connectivity index (χ3v) is 3.54. The standard InChI is InChI=1S/C15H22N4/c1-4-19-8-7-17-15(19)10-14(18-16)13-9-11(2)5-6-12(13)3/h5-9,14,18H,4,10,16H2,1-3H3. The molecule has 19 heavy (non-hydrogen) atoms. The number of hydrazine groups is 1. The van der Waals surface area contributed by atoms with Crippen LogP contribution in [0.1, 0.15) is 35.5 Å². The molecule has 1 atom stereocenters. The molecule has 0 fully saturated rings. The summed E-state index contributed by atoms with van der Waals surface area (Å²) in [4.78, 5) is 4.42. The summed E-state index contributed by atoms with van der Waals surface area (Å²) >= 11 is 0. The molecule has 102 valence electrons. The molecular formula is C15H22N4. The minimum Gasteiger partial charge on any atom is -0.335 e. The molecule has 0 saturated heterocycles. The lowest BCUT2D eigenvalue weighted by molar-refractivity contribution is 0.521. The van der Waals surface area contributed by atoms with Crippen molar-refractivity contribution < 1.29 is 0 Å². The average molecular weight is 258 g/mol. The second-order valence-corrected chi connectivity index (χ2v) is 4.91. The van der Waals surface area contributed by atoms with Crippen molar-refractivity contribution in [1.82, 2.24) is 15.0 Å². The first-order chi connectivity index (χ1) is 9.15. The van der Waals surface area contributed by atoms with Gasteiger partial charge in [-0.15, -0.1) is 0 Å². The van der Waals surface area contributed by atoms with Crippen LogP contribution >= 0.6 is 0 Å². The van der Waals surface area contributed by atoms with Crippen LogP contribution < -0.4 is 11.3 Å². The van der Waals surface area contributed by atoms with Crippen molar-refractivity contribution in [3.63, 3.8) is 0 Å². The van der Waals surface area contributed by atoms with Crippen LogP contribution in [0.4, 0.5) is 0 Å². The van der Waals surface area contributed by atoms with Gasteiger partial charge in [0.1, 0.15) is 5.82 Å². The number of hydrogen-bond donors (Lipinski definition) is 2. The highest BCUT2D eigenvalue weighted by Crippen LogP contribution is 2.22. The van der Waals surface area contributed by atoms with Gasteiger partial charge in [0.15, 0.2) is 0 Å². The Labute approximate surface area is 114 Å². The molecular weight excluding hydrogens is 236 g/mol. The molecule has 0 aliphatic heterocycles. The zero-order chi connectivity index (χ0) is 13.8. The van der Waals surface area contributed by atoms with Gasteiger partial charge >= 0.3 is 0 Å². The number of nitrogens with two attached hydrogens (primary N) is 1. The molecule has 0 spiro atoms. The summed E-state index contributed by atoms with van der Waals surface area (Å²) in [5.74, 6) is 6.81. The van der Waals surface area contributed by atoms with E-state index in [0.29, 0.717) is 0 Å². The maximum atomic E-state index is 5.74. The monoisotopic (exact) mass is 258 g/mol. The molecule has 0 aliphatic rings. The van der Waals surface area contributed by atoms with E-state index in [-0.39, 0.29) is 6.04 Å². The van der Waals surface area contributed by atoms with E-state index in [1.54, 1.807) is 0 Å². The maximum Gasteiger partial charge on any atom is 0.110 e. The van der Waals surface area contributed by atoms with Gasteiger partial charge in [-0.05, 0) is 31.9 Å². The molecule has 3 N–H and O–H groups in total. The van der Waals surface area contributed by atoms with Crippen LogP contribution in [0.25, 0.3) is 0 Å². The normalized spacial score (nSPS) is 12.6. The highest BCUT2D eigenvalue weighted by molar-refractivity contribution is 5.33. The van der Waals surface area contributed by atoms with E-state index >= 15 is 0 Å². The van der Waals surface area contributed by atoms with E-state index in [9.17, 15) is 0 Å². The van der Waals surface area contributed by atoms with Crippen LogP contribution in [-0.4, -0.2) is 9.55 Å². The van der Waals surface area contributed by atoms with Gasteiger partial charge in [-0.2, -0.15) is 0 Å². The second-order valence-electron chi connectivity index (χ2n) is 4.91. The Balaban J connectivity index is 2.27. The van der Waals surface area contributed by atoms with Crippen molar-refractivity contribution in [1.29, 1.82) is 0 Å². The molecule has 2 rings (SSSR count). The minimum atomic E-state index is 0.0904. The zero-order valence-corrected chi connectivity index (χ0v) is 11.9. The fourth-order valence-corrected chi connectivity index (χ4v) is 2.39. The van der Waals surface area contributed by atoms with Crippen LogP contribution in [0.15, 0.2) is 30.6 Å². The molecule has 0 saturated carbocycles. The van der Waals surface area contributed by atoms with Gasteiger partial charge < -0.3 is 4.57 Å². The number of benzene rings is 1. The number of imidazole rings is 1. The van der Waals surface area contributed by atoms with E-state index in [2.05, 4.69) is 53.9 Å². The predicted molar refractivity (Wildman–Crippen MR) is 77.6 cm³/mol. The molecule has 0 bridgehead atoms. The Morgan fingerprint density at radius 2 is 2.16 bits per heavy atom. The first-order valence-corrected chi connectivity index (χ1v) is 6.69. The zero-order valence-electron chi connectivity index (χ0n) is 11.9. The summed E-state index contributed by atoms with van der Waals surface area (Å²) < 4.78 is 2.15. The fourth-order valence-electron chi connectivity index (χ4n) is 2.39. The van der Waals surface area contributed by atoms with Gasteiger partial charge in [0.2, 0.25) is 0 Å². The summed E-state index contributed by atoms with van der Waals surface area (Å²) in [6.45, 7) is 7.27. The lowest BCUT2D eigenvalue weighted by Crippen LogP contribution is -2.31. The molecule has 0 radical (unpaired) electrons. The van der Waals surface area contributed by atoms with Crippen molar-refractivity contribution in [2.24, 2.45) is 5.84 Å². The Morgan fingerprint density at radius 1 is 1.37 bits per heavy atom. The molecule has 4 heteroatoms. The quantitative estimate of drug-likeness (QED) is 0.639. The minimum absolute atomic E-state index is 0.0904. The predicted octanol–water partition coefficient (Wildman–Crippen LogP) is 2.27. The third-order valence-electron chi connectivity index (χ3n) is 3.54. The summed E-state index contributed by atoms with van der Waals surface area (Å²) in [6, 6.07) is 6.55. The Hall–Kier alpha value is -1.65. The van der Waals surface area contributed by atoms with Crippen molar-refractivity contribution in [3.8, 4) is 0 Å². The molecule has 2 aromatic rings. The van der Waals surface area contributed by atoms with Gasteiger partial charge in [-0.25, -0.2) is 4.98 Å². The van der Waals surface area contributed by atoms with Crippen LogP contribution in [0.2, 0.25) is 0 Å². The SMILES string of the molecule is CCn1ccnc1CC(NN)c1cc(C)ccc1C. The molecule has 4 nitrogen and oxygen atoms in total. The van der Waals surface area contributed by atoms with Crippen molar-refractivity contribution >= 4 is 0 Å². The summed E-state index contributed by atoms with van der Waals surface area (Å²) in [5.41, 5.74) is 6.67. The lowest BCUT2D eigenvalue weighted by atomic mass is 9.97. The molecule has 1 heterocycles. The van der Waals surface area contributed by atoms with Crippen molar-refractivity contribution in [2.45, 2.75) is 39.8 Å². The van der Waals surface area contributed by atoms with Crippen LogP contribution in [0.5, 0.6) is 0 Å². The van der Waals surface area contributed by atoms with Gasteiger partial charge in [-0.1, -0.05) is 23.8 Å². The fraction of sp³-hybridized carbons (Fsp3) is 0.400. The first kappa shape index (κ1) is 13.8. The summed E-state index contributed by atoms with van der Waals surface area (Å²) in [7, 11) is 0. The summed E-state index contributed by atoms with van der Waals surface area (Å²) in [5, 5.41) is 0. The van der Waals surface area contributed by atoms with Gasteiger partial charge in [0.25, 0.3) is 0 Å². The number of rotatable bonds is 5. The summed E-state index contributed by atoms with van der Waals surface area (Å²) in [6.07, 6.45) is 4.64. The first-order valence-electron chi connectivity index (χ1n) is 6.69. The topological polar surface area (TPSA) is 55.9 Å². The molecule has 0 aliphatic carbocycles. The highest BCUT2D eigenvalue weighted by atomic mass is 15.2. The third kappa shape index (κ3) is 3.03. The van der Waals surface area contributed by atoms with E-state index in [1.807, 2.05) is 12.4 Å². The lowest BCUT2D eigenvalue weighted by Gasteiger charge is -2.19. The molecule has 1 unspecified atom stereocenters. The molecule has 1 aromatic heterocycles. The maximum absolute atomic E-state index is 5.74. The number of nitrogens with zero attached hydrogens (tertiary/aromatic N) is 2. The average Bonchev–Trinajstić information content (AvgIpc) is 2.86. The number of hydrogen-bond acceptors (Lipinski definition) is 3. The second kappa shape index (κ2) is 5.99. The number of nitrogens with one attached hydrogen (secondary N) is 1. The Bertz CT molecular complexity index is 545. The van der Waals surface area contributed by atoms with Gasteiger partial charge in [-0.3, -0.25) is 11.3 Å². The number of aromatic nitrogens is 2. The smallest absolute Gasteiger partial charge is 0.110 e. The van der Waals surface area contributed by atoms with Crippen molar-refractivity contribution in [2.75, 3.05) is 0 Å². The number of aryl methyl sites for hydroxylation is 3. The van der Waals surface area contributed by atoms with E-state index in [1.165, 1.54) is 16.7 Å². The van der Waals surface area contributed by atoms with Crippen molar-refractivity contribution in [3.05, 3.63) is 53.1 Å². The Morgan fingerprint density at radius 3 is 2.84 bits per heavy atom. The largest absolute Gasteiger partial charge is 0.335 e. The van der Waals surface area contributed by atoms with E-state index < -0.39 is 0 Å². The molecule has 0 amide bonds. The van der Waals surface area contributed by atoms with E-state index in [0.717, 1.165) is 18.8 Å². The van der Waals surface area contributed by atoms with Crippen LogP contribution in [-0.2, 0) is 13.0 Å². The van der Waals surface area contributed by atoms with Gasteiger partial charge in [0, 0.05) is 25.4 Å². The van der Waals surface area contributed by atoms with Crippen LogP contribution in [0.3, 0.4) is 0 Å². The van der Waals surface area contributed by atoms with Gasteiger partial charge in [0.05, 0.1) is 6.04 Å². The Kier molecular flexibility index (Phi) is 4.35. The van der Waals surface area contributed by atoms with E-state index in [4.69, 9.17) is 5.84 Å². The van der Waals surface area contributed by atoms with Crippen LogP contribution in [0, 0.1) is 13.8 Å².